The van der Waals surface area contributed by atoms with Crippen molar-refractivity contribution in [2.75, 3.05) is 24.3 Å². The van der Waals surface area contributed by atoms with Crippen molar-refractivity contribution in [1.82, 2.24) is 9.97 Å². The molecule has 33 heavy (non-hydrogen) atoms. The van der Waals surface area contributed by atoms with Gasteiger partial charge in [-0.2, -0.15) is 0 Å². The number of hydrogen-bond acceptors (Lipinski definition) is 7. The Balaban J connectivity index is 1.25. The van der Waals surface area contributed by atoms with Crippen LogP contribution in [-0.2, 0) is 14.6 Å². The predicted octanol–water partition coefficient (Wildman–Crippen LogP) is 4.17. The second-order valence-corrected chi connectivity index (χ2v) is 10.6. The maximum Gasteiger partial charge on any atom is 0.227 e. The largest absolute Gasteiger partial charge is 0.486 e. The average molecular weight is 484 g/mol. The van der Waals surface area contributed by atoms with Crippen molar-refractivity contribution in [2.45, 2.75) is 18.2 Å². The smallest absolute Gasteiger partial charge is 0.227 e. The zero-order chi connectivity index (χ0) is 23.0. The van der Waals surface area contributed by atoms with Crippen LogP contribution in [0.5, 0.6) is 11.5 Å². The molecule has 1 amide bonds. The van der Waals surface area contributed by atoms with Gasteiger partial charge in [-0.05, 0) is 25.1 Å². The number of carbonyl (C=O) groups is 1. The third-order valence-corrected chi connectivity index (χ3v) is 7.84. The van der Waals surface area contributed by atoms with Crippen molar-refractivity contribution < 1.29 is 22.7 Å². The average Bonchev–Trinajstić information content (AvgIpc) is 3.40. The van der Waals surface area contributed by atoms with Gasteiger partial charge in [0.1, 0.15) is 13.2 Å². The number of H-pyrrole nitrogens is 1. The number of aromatic nitrogens is 2. The molecule has 3 heterocycles. The fraction of sp³-hybridized carbons (Fsp3) is 0.217. The number of carbonyl (C=O) groups excluding carboxylic acids is 1. The maximum absolute atomic E-state index is 12.7. The number of anilines is 1. The van der Waals surface area contributed by atoms with Crippen LogP contribution in [0.15, 0.2) is 52.7 Å². The molecule has 0 unspecified atom stereocenters. The molecule has 0 saturated heterocycles. The Hall–Kier alpha value is -3.37. The third kappa shape index (κ3) is 4.31. The fourth-order valence-electron chi connectivity index (χ4n) is 3.80. The van der Waals surface area contributed by atoms with Gasteiger partial charge in [0.25, 0.3) is 0 Å². The topological polar surface area (TPSA) is 110 Å². The molecule has 0 bridgehead atoms. The first-order valence-corrected chi connectivity index (χ1v) is 12.9. The summed E-state index contributed by atoms with van der Waals surface area (Å²) in [5.41, 5.74) is 3.76. The second-order valence-electron chi connectivity index (χ2n) is 7.63. The van der Waals surface area contributed by atoms with Crippen LogP contribution < -0.4 is 14.8 Å². The van der Waals surface area contributed by atoms with E-state index < -0.39 is 15.7 Å². The Labute approximate surface area is 194 Å². The number of sulfone groups is 1. The van der Waals surface area contributed by atoms with Crippen molar-refractivity contribution in [3.8, 4) is 22.8 Å². The van der Waals surface area contributed by atoms with E-state index in [9.17, 15) is 13.2 Å². The number of thiazole rings is 1. The van der Waals surface area contributed by atoms with Gasteiger partial charge in [-0.1, -0.05) is 18.2 Å². The molecular weight excluding hydrogens is 462 g/mol. The van der Waals surface area contributed by atoms with Gasteiger partial charge in [-0.25, -0.2) is 13.4 Å². The Kier molecular flexibility index (Phi) is 5.55. The van der Waals surface area contributed by atoms with E-state index in [-0.39, 0.29) is 17.1 Å². The second kappa shape index (κ2) is 8.53. The highest BCUT2D eigenvalue weighted by atomic mass is 32.2. The van der Waals surface area contributed by atoms with Crippen LogP contribution in [0.2, 0.25) is 0 Å². The highest BCUT2D eigenvalue weighted by molar-refractivity contribution is 7.91. The van der Waals surface area contributed by atoms with Gasteiger partial charge in [0.2, 0.25) is 5.91 Å². The lowest BCUT2D eigenvalue weighted by molar-refractivity contribution is -0.115. The molecule has 2 aromatic carbocycles. The van der Waals surface area contributed by atoms with Crippen LogP contribution in [0.25, 0.3) is 22.2 Å². The van der Waals surface area contributed by atoms with Crippen LogP contribution in [0, 0.1) is 6.92 Å². The summed E-state index contributed by atoms with van der Waals surface area (Å²) in [6.07, 6.45) is -0.183. The van der Waals surface area contributed by atoms with Crippen LogP contribution in [-0.4, -0.2) is 43.3 Å². The molecule has 170 valence electrons. The highest BCUT2D eigenvalue weighted by Gasteiger charge is 2.21. The number of hydrogen-bond donors (Lipinski definition) is 2. The van der Waals surface area contributed by atoms with Gasteiger partial charge >= 0.3 is 0 Å². The summed E-state index contributed by atoms with van der Waals surface area (Å²) in [6.45, 7) is 2.78. The molecular formula is C23H21N3O5S2. The van der Waals surface area contributed by atoms with E-state index in [1.807, 2.05) is 36.6 Å². The van der Waals surface area contributed by atoms with Crippen LogP contribution >= 0.6 is 11.3 Å². The molecule has 0 fully saturated rings. The Morgan fingerprint density at radius 2 is 1.94 bits per heavy atom. The first-order chi connectivity index (χ1) is 15.9. The quantitative estimate of drug-likeness (QED) is 0.426. The summed E-state index contributed by atoms with van der Waals surface area (Å²) in [5.74, 6) is 0.184. The Morgan fingerprint density at radius 1 is 1.15 bits per heavy atom. The lowest BCUT2D eigenvalue weighted by Crippen LogP contribution is -2.18. The number of nitrogens with zero attached hydrogens (tertiary/aromatic N) is 1. The number of nitrogens with one attached hydrogen (secondary N) is 2. The molecule has 2 N–H and O–H groups in total. The molecule has 0 saturated carbocycles. The van der Waals surface area contributed by atoms with Crippen molar-refractivity contribution in [3.05, 3.63) is 53.5 Å². The van der Waals surface area contributed by atoms with Crippen LogP contribution in [0.1, 0.15) is 12.1 Å². The van der Waals surface area contributed by atoms with E-state index in [0.717, 1.165) is 27.9 Å². The van der Waals surface area contributed by atoms with Gasteiger partial charge in [0, 0.05) is 40.0 Å². The highest BCUT2D eigenvalue weighted by Crippen LogP contribution is 2.34. The summed E-state index contributed by atoms with van der Waals surface area (Å²) in [4.78, 5) is 20.4. The lowest BCUT2D eigenvalue weighted by atomic mass is 10.1. The number of benzene rings is 2. The lowest BCUT2D eigenvalue weighted by Gasteiger charge is -2.18. The number of ether oxygens (including phenoxy) is 2. The van der Waals surface area contributed by atoms with E-state index in [1.165, 1.54) is 23.5 Å². The number of rotatable bonds is 6. The molecule has 0 radical (unpaired) electrons. The number of aromatic amines is 1. The molecule has 1 aliphatic rings. The number of para-hydroxylation sites is 1. The molecule has 10 heteroatoms. The molecule has 0 spiro atoms. The normalized spacial score (nSPS) is 13.2. The number of fused-ring (bicyclic) bond motifs is 2. The van der Waals surface area contributed by atoms with E-state index >= 15 is 0 Å². The van der Waals surface area contributed by atoms with Gasteiger partial charge < -0.3 is 19.8 Å². The standard InChI is InChI=1S/C23H21N3O5S2/c1-14-22(16-4-2-3-5-17(16)24-14)18-13-32-23(25-18)26-21(27)8-11-33(28,29)15-6-7-19-20(12-15)31-10-9-30-19/h2-7,12-13,24H,8-11H2,1H3,(H,25,26,27). The van der Waals surface area contributed by atoms with E-state index in [2.05, 4.69) is 15.3 Å². The molecule has 0 atom stereocenters. The Morgan fingerprint density at radius 3 is 2.79 bits per heavy atom. The van der Waals surface area contributed by atoms with Crippen molar-refractivity contribution in [3.63, 3.8) is 0 Å². The third-order valence-electron chi connectivity index (χ3n) is 5.37. The van der Waals surface area contributed by atoms with Gasteiger partial charge in [-0.3, -0.25) is 4.79 Å². The van der Waals surface area contributed by atoms with E-state index in [4.69, 9.17) is 9.47 Å². The summed E-state index contributed by atoms with van der Waals surface area (Å²) in [7, 11) is -3.66. The zero-order valence-corrected chi connectivity index (χ0v) is 19.4. The fourth-order valence-corrected chi connectivity index (χ4v) is 5.77. The number of amides is 1. The van der Waals surface area contributed by atoms with Crippen LogP contribution in [0.3, 0.4) is 0 Å². The minimum absolute atomic E-state index is 0.103. The van der Waals surface area contributed by atoms with Crippen molar-refractivity contribution >= 4 is 43.1 Å². The summed E-state index contributed by atoms with van der Waals surface area (Å²) in [6, 6.07) is 12.4. The first-order valence-electron chi connectivity index (χ1n) is 10.4. The Bertz CT molecular complexity index is 1460. The minimum atomic E-state index is -3.66. The minimum Gasteiger partial charge on any atom is -0.486 e. The summed E-state index contributed by atoms with van der Waals surface area (Å²) in [5, 5.41) is 6.08. The molecule has 5 rings (SSSR count). The van der Waals surface area contributed by atoms with Crippen molar-refractivity contribution in [1.29, 1.82) is 0 Å². The summed E-state index contributed by atoms with van der Waals surface area (Å²) < 4.78 is 36.3. The van der Waals surface area contributed by atoms with E-state index in [1.54, 1.807) is 6.07 Å². The molecule has 4 aromatic rings. The first kappa shape index (κ1) is 21.5. The molecule has 8 nitrogen and oxygen atoms in total. The summed E-state index contributed by atoms with van der Waals surface area (Å²) >= 11 is 1.30. The molecule has 0 aliphatic carbocycles. The predicted molar refractivity (Wildman–Crippen MR) is 127 cm³/mol. The zero-order valence-electron chi connectivity index (χ0n) is 17.8. The van der Waals surface area contributed by atoms with Gasteiger partial charge in [-0.15, -0.1) is 11.3 Å². The van der Waals surface area contributed by atoms with Gasteiger partial charge in [0.05, 0.1) is 16.3 Å². The number of aryl methyl sites for hydroxylation is 1. The van der Waals surface area contributed by atoms with Crippen molar-refractivity contribution in [2.24, 2.45) is 0 Å². The van der Waals surface area contributed by atoms with E-state index in [0.29, 0.717) is 29.8 Å². The van der Waals surface area contributed by atoms with Gasteiger partial charge in [0.15, 0.2) is 26.5 Å². The van der Waals surface area contributed by atoms with Crippen LogP contribution in [0.4, 0.5) is 5.13 Å². The maximum atomic E-state index is 12.7. The molecule has 2 aromatic heterocycles. The monoisotopic (exact) mass is 483 g/mol. The SMILES string of the molecule is Cc1[nH]c2ccccc2c1-c1csc(NC(=O)CCS(=O)(=O)c2ccc3c(c2)OCCO3)n1. The molecule has 1 aliphatic heterocycles.